The zero-order valence-electron chi connectivity index (χ0n) is 13.6. The monoisotopic (exact) mass is 290 g/mol. The first-order valence-electron chi connectivity index (χ1n) is 8.32. The Kier molecular flexibility index (Phi) is 7.20. The summed E-state index contributed by atoms with van der Waals surface area (Å²) >= 11 is 0. The van der Waals surface area contributed by atoms with Gasteiger partial charge < -0.3 is 15.0 Å². The van der Waals surface area contributed by atoms with Gasteiger partial charge in [-0.15, -0.1) is 0 Å². The van der Waals surface area contributed by atoms with Crippen LogP contribution in [-0.2, 0) is 17.8 Å². The van der Waals surface area contributed by atoms with Gasteiger partial charge in [0.05, 0.1) is 0 Å². The molecule has 1 aliphatic rings. The van der Waals surface area contributed by atoms with Crippen LogP contribution in [0.1, 0.15) is 37.3 Å². The lowest BCUT2D eigenvalue weighted by molar-refractivity contribution is 0.0549. The maximum atomic E-state index is 5.44. The third-order valence-corrected chi connectivity index (χ3v) is 4.11. The fraction of sp³-hybridized carbons (Fsp3) is 0.667. The molecule has 3 heteroatoms. The number of nitrogens with zero attached hydrogens (tertiary/aromatic N) is 1. The van der Waals surface area contributed by atoms with Crippen molar-refractivity contribution in [1.29, 1.82) is 0 Å². The first-order chi connectivity index (χ1) is 10.3. The van der Waals surface area contributed by atoms with Crippen molar-refractivity contribution in [1.82, 2.24) is 10.2 Å². The van der Waals surface area contributed by atoms with Gasteiger partial charge in [-0.25, -0.2) is 0 Å². The summed E-state index contributed by atoms with van der Waals surface area (Å²) in [5.41, 5.74) is 2.81. The second-order valence-electron chi connectivity index (χ2n) is 6.25. The lowest BCUT2D eigenvalue weighted by Crippen LogP contribution is -2.29. The second-order valence-corrected chi connectivity index (χ2v) is 6.25. The van der Waals surface area contributed by atoms with E-state index in [1.807, 2.05) is 0 Å². The summed E-state index contributed by atoms with van der Waals surface area (Å²) in [6.45, 7) is 8.38. The molecule has 0 aliphatic carbocycles. The minimum atomic E-state index is 0.804. The Morgan fingerprint density at radius 3 is 2.76 bits per heavy atom. The van der Waals surface area contributed by atoms with Crippen LogP contribution in [0, 0.1) is 5.92 Å². The molecule has 1 aromatic rings. The molecule has 3 nitrogen and oxygen atoms in total. The third-order valence-electron chi connectivity index (χ3n) is 4.11. The van der Waals surface area contributed by atoms with Gasteiger partial charge in [0.2, 0.25) is 0 Å². The van der Waals surface area contributed by atoms with E-state index >= 15 is 0 Å². The SMILES string of the molecule is CCCNCc1cccc(CN(C)CC2CCOCC2)c1. The van der Waals surface area contributed by atoms with Crippen LogP contribution in [0.15, 0.2) is 24.3 Å². The van der Waals surface area contributed by atoms with Gasteiger partial charge in [0.15, 0.2) is 0 Å². The Morgan fingerprint density at radius 2 is 2.00 bits per heavy atom. The normalized spacial score (nSPS) is 16.5. The largest absolute Gasteiger partial charge is 0.381 e. The van der Waals surface area contributed by atoms with Gasteiger partial charge in [-0.05, 0) is 49.9 Å². The number of hydrogen-bond donors (Lipinski definition) is 1. The molecule has 1 N–H and O–H groups in total. The molecule has 1 fully saturated rings. The summed E-state index contributed by atoms with van der Waals surface area (Å²) in [7, 11) is 2.23. The van der Waals surface area contributed by atoms with Crippen molar-refractivity contribution in [3.8, 4) is 0 Å². The third kappa shape index (κ3) is 6.16. The van der Waals surface area contributed by atoms with Gasteiger partial charge in [-0.3, -0.25) is 0 Å². The lowest BCUT2D eigenvalue weighted by Gasteiger charge is -2.27. The van der Waals surface area contributed by atoms with Crippen molar-refractivity contribution in [2.45, 2.75) is 39.3 Å². The van der Waals surface area contributed by atoms with Crippen LogP contribution in [0.2, 0.25) is 0 Å². The number of rotatable bonds is 8. The Bertz CT molecular complexity index is 402. The number of nitrogens with one attached hydrogen (secondary N) is 1. The van der Waals surface area contributed by atoms with E-state index < -0.39 is 0 Å². The van der Waals surface area contributed by atoms with Gasteiger partial charge in [-0.2, -0.15) is 0 Å². The molecule has 0 saturated carbocycles. The van der Waals surface area contributed by atoms with E-state index in [4.69, 9.17) is 4.74 Å². The van der Waals surface area contributed by atoms with Crippen molar-refractivity contribution < 1.29 is 4.74 Å². The summed E-state index contributed by atoms with van der Waals surface area (Å²) in [5.74, 6) is 0.804. The zero-order valence-corrected chi connectivity index (χ0v) is 13.6. The van der Waals surface area contributed by atoms with E-state index in [2.05, 4.69) is 48.5 Å². The van der Waals surface area contributed by atoms with Gasteiger partial charge in [0.25, 0.3) is 0 Å². The van der Waals surface area contributed by atoms with Crippen LogP contribution >= 0.6 is 0 Å². The van der Waals surface area contributed by atoms with Gasteiger partial charge >= 0.3 is 0 Å². The van der Waals surface area contributed by atoms with E-state index in [1.54, 1.807) is 0 Å². The minimum absolute atomic E-state index is 0.804. The van der Waals surface area contributed by atoms with E-state index in [9.17, 15) is 0 Å². The fourth-order valence-electron chi connectivity index (χ4n) is 2.99. The molecule has 0 spiro atoms. The highest BCUT2D eigenvalue weighted by atomic mass is 16.5. The number of ether oxygens (including phenoxy) is 1. The highest BCUT2D eigenvalue weighted by Gasteiger charge is 2.15. The number of benzene rings is 1. The molecule has 0 radical (unpaired) electrons. The van der Waals surface area contributed by atoms with Crippen molar-refractivity contribution in [2.24, 2.45) is 5.92 Å². The fourth-order valence-corrected chi connectivity index (χ4v) is 2.99. The highest BCUT2D eigenvalue weighted by Crippen LogP contribution is 2.17. The van der Waals surface area contributed by atoms with Crippen molar-refractivity contribution in [2.75, 3.05) is 33.4 Å². The number of hydrogen-bond acceptors (Lipinski definition) is 3. The molecule has 1 saturated heterocycles. The Labute approximate surface area is 129 Å². The summed E-state index contributed by atoms with van der Waals surface area (Å²) in [5, 5.41) is 3.47. The molecule has 21 heavy (non-hydrogen) atoms. The smallest absolute Gasteiger partial charge is 0.0469 e. The molecule has 1 heterocycles. The van der Waals surface area contributed by atoms with Crippen LogP contribution in [0.25, 0.3) is 0 Å². The average molecular weight is 290 g/mol. The van der Waals surface area contributed by atoms with Crippen LogP contribution < -0.4 is 5.32 Å². The van der Waals surface area contributed by atoms with Crippen molar-refractivity contribution >= 4 is 0 Å². The first-order valence-corrected chi connectivity index (χ1v) is 8.32. The quantitative estimate of drug-likeness (QED) is 0.745. The first kappa shape index (κ1) is 16.5. The summed E-state index contributed by atoms with van der Waals surface area (Å²) in [6.07, 6.45) is 3.62. The van der Waals surface area contributed by atoms with E-state index in [0.717, 1.165) is 38.8 Å². The molecule has 118 valence electrons. The standard InChI is InChI=1S/C18H30N2O/c1-3-9-19-13-17-5-4-6-18(12-17)15-20(2)14-16-7-10-21-11-8-16/h4-6,12,16,19H,3,7-11,13-15H2,1-2H3. The van der Waals surface area contributed by atoms with Gasteiger partial charge in [0, 0.05) is 32.8 Å². The second kappa shape index (κ2) is 9.19. The topological polar surface area (TPSA) is 24.5 Å². The molecule has 0 unspecified atom stereocenters. The van der Waals surface area contributed by atoms with Gasteiger partial charge in [0.1, 0.15) is 0 Å². The Morgan fingerprint density at radius 1 is 1.24 bits per heavy atom. The molecule has 1 aromatic carbocycles. The van der Waals surface area contributed by atoms with E-state index in [1.165, 1.54) is 36.9 Å². The predicted molar refractivity (Wildman–Crippen MR) is 88.3 cm³/mol. The summed E-state index contributed by atoms with van der Waals surface area (Å²) in [6, 6.07) is 8.97. The van der Waals surface area contributed by atoms with Gasteiger partial charge in [-0.1, -0.05) is 31.2 Å². The van der Waals surface area contributed by atoms with Crippen LogP contribution in [0.4, 0.5) is 0 Å². The van der Waals surface area contributed by atoms with Crippen LogP contribution in [0.5, 0.6) is 0 Å². The molecule has 0 amide bonds. The maximum Gasteiger partial charge on any atom is 0.0469 e. The molecule has 1 aliphatic heterocycles. The van der Waals surface area contributed by atoms with E-state index in [-0.39, 0.29) is 0 Å². The molecule has 0 aromatic heterocycles. The lowest BCUT2D eigenvalue weighted by atomic mass is 9.99. The van der Waals surface area contributed by atoms with Crippen molar-refractivity contribution in [3.63, 3.8) is 0 Å². The highest BCUT2D eigenvalue weighted by molar-refractivity contribution is 5.23. The molecule has 2 rings (SSSR count). The van der Waals surface area contributed by atoms with Crippen LogP contribution in [0.3, 0.4) is 0 Å². The van der Waals surface area contributed by atoms with Crippen molar-refractivity contribution in [3.05, 3.63) is 35.4 Å². The zero-order chi connectivity index (χ0) is 14.9. The summed E-state index contributed by atoms with van der Waals surface area (Å²) in [4.78, 5) is 2.45. The average Bonchev–Trinajstić information content (AvgIpc) is 2.49. The molecule has 0 bridgehead atoms. The molecular formula is C18H30N2O. The Hall–Kier alpha value is -0.900. The summed E-state index contributed by atoms with van der Waals surface area (Å²) < 4.78 is 5.44. The molecule has 0 atom stereocenters. The maximum absolute atomic E-state index is 5.44. The van der Waals surface area contributed by atoms with E-state index in [0.29, 0.717) is 0 Å². The minimum Gasteiger partial charge on any atom is -0.381 e. The van der Waals surface area contributed by atoms with Crippen LogP contribution in [-0.4, -0.2) is 38.3 Å². The molecular weight excluding hydrogens is 260 g/mol. The Balaban J connectivity index is 1.79. The predicted octanol–water partition coefficient (Wildman–Crippen LogP) is 3.04.